The number of hydrogen-bond donors (Lipinski definition) is 1. The van der Waals surface area contributed by atoms with E-state index in [1.807, 2.05) is 0 Å². The van der Waals surface area contributed by atoms with Gasteiger partial charge in [0.2, 0.25) is 0 Å². The lowest BCUT2D eigenvalue weighted by Gasteiger charge is -2.28. The first-order valence-corrected chi connectivity index (χ1v) is 6.13. The number of fused-ring (bicyclic) bond motifs is 1. The molecule has 0 aromatic heterocycles. The number of methoxy groups -OCH3 is 1. The Labute approximate surface area is 98.0 Å². The second-order valence-electron chi connectivity index (χ2n) is 4.83. The van der Waals surface area contributed by atoms with Gasteiger partial charge in [0.25, 0.3) is 0 Å². The fraction of sp³-hybridized carbons (Fsp3) is 0.571. The van der Waals surface area contributed by atoms with Gasteiger partial charge in [-0.3, -0.25) is 0 Å². The Hall–Kier alpha value is -1.02. The van der Waals surface area contributed by atoms with Crippen LogP contribution < -0.4 is 10.1 Å². The number of benzene rings is 1. The Bertz CT molecular complexity index is 360. The molecule has 1 aromatic rings. The molecule has 0 saturated carbocycles. The van der Waals surface area contributed by atoms with E-state index in [2.05, 4.69) is 37.4 Å². The molecule has 0 fully saturated rings. The molecule has 1 aromatic carbocycles. The second-order valence-corrected chi connectivity index (χ2v) is 4.83. The van der Waals surface area contributed by atoms with Crippen molar-refractivity contribution in [1.29, 1.82) is 0 Å². The normalized spacial score (nSPS) is 19.6. The van der Waals surface area contributed by atoms with Crippen LogP contribution in [0.15, 0.2) is 18.2 Å². The first-order chi connectivity index (χ1) is 7.70. The molecule has 0 unspecified atom stereocenters. The number of rotatable bonds is 3. The van der Waals surface area contributed by atoms with E-state index in [0.717, 1.165) is 5.75 Å². The van der Waals surface area contributed by atoms with Gasteiger partial charge in [-0.25, -0.2) is 0 Å². The van der Waals surface area contributed by atoms with Gasteiger partial charge in [0, 0.05) is 12.1 Å². The van der Waals surface area contributed by atoms with Gasteiger partial charge in [-0.1, -0.05) is 19.9 Å². The minimum absolute atomic E-state index is 0.523. The predicted octanol–water partition coefficient (Wildman–Crippen LogP) is 3.07. The highest BCUT2D eigenvalue weighted by atomic mass is 16.5. The molecule has 0 amide bonds. The van der Waals surface area contributed by atoms with Crippen molar-refractivity contribution < 1.29 is 4.74 Å². The summed E-state index contributed by atoms with van der Waals surface area (Å²) in [6.07, 6.45) is 3.70. The summed E-state index contributed by atoms with van der Waals surface area (Å²) < 4.78 is 5.28. The quantitative estimate of drug-likeness (QED) is 0.843. The second kappa shape index (κ2) is 4.88. The van der Waals surface area contributed by atoms with Crippen molar-refractivity contribution in [2.75, 3.05) is 7.11 Å². The molecule has 1 atom stereocenters. The molecule has 0 bridgehead atoms. The van der Waals surface area contributed by atoms with Crippen LogP contribution in [0.2, 0.25) is 0 Å². The molecular weight excluding hydrogens is 198 g/mol. The van der Waals surface area contributed by atoms with Crippen LogP contribution in [0.5, 0.6) is 5.75 Å². The molecule has 0 saturated heterocycles. The molecule has 0 radical (unpaired) electrons. The Morgan fingerprint density at radius 2 is 2.19 bits per heavy atom. The van der Waals surface area contributed by atoms with Crippen molar-refractivity contribution in [2.45, 2.75) is 45.2 Å². The summed E-state index contributed by atoms with van der Waals surface area (Å²) in [4.78, 5) is 0. The van der Waals surface area contributed by atoms with Crippen LogP contribution in [0.1, 0.15) is 43.9 Å². The van der Waals surface area contributed by atoms with E-state index in [1.165, 1.54) is 30.4 Å². The van der Waals surface area contributed by atoms with Crippen LogP contribution in [0.25, 0.3) is 0 Å². The molecule has 0 heterocycles. The average molecular weight is 219 g/mol. The Balaban J connectivity index is 2.25. The lowest BCUT2D eigenvalue weighted by atomic mass is 9.87. The minimum atomic E-state index is 0.523. The Morgan fingerprint density at radius 3 is 2.88 bits per heavy atom. The third-order valence-corrected chi connectivity index (χ3v) is 3.20. The summed E-state index contributed by atoms with van der Waals surface area (Å²) in [5.41, 5.74) is 2.91. The topological polar surface area (TPSA) is 21.3 Å². The van der Waals surface area contributed by atoms with Crippen LogP contribution in [-0.2, 0) is 6.42 Å². The summed E-state index contributed by atoms with van der Waals surface area (Å²) in [5, 5.41) is 3.63. The number of ether oxygens (including phenoxy) is 1. The largest absolute Gasteiger partial charge is 0.497 e. The van der Waals surface area contributed by atoms with Gasteiger partial charge in [0.05, 0.1) is 7.11 Å². The van der Waals surface area contributed by atoms with Crippen molar-refractivity contribution >= 4 is 0 Å². The maximum absolute atomic E-state index is 5.28. The van der Waals surface area contributed by atoms with E-state index >= 15 is 0 Å². The Morgan fingerprint density at radius 1 is 1.38 bits per heavy atom. The van der Waals surface area contributed by atoms with Crippen LogP contribution in [0.3, 0.4) is 0 Å². The first-order valence-electron chi connectivity index (χ1n) is 6.13. The van der Waals surface area contributed by atoms with Gasteiger partial charge in [-0.15, -0.1) is 0 Å². The van der Waals surface area contributed by atoms with Gasteiger partial charge in [-0.05, 0) is 42.5 Å². The van der Waals surface area contributed by atoms with Crippen LogP contribution in [-0.4, -0.2) is 13.2 Å². The maximum atomic E-state index is 5.28. The monoisotopic (exact) mass is 219 g/mol. The first kappa shape index (κ1) is 11.5. The number of hydrogen-bond acceptors (Lipinski definition) is 2. The highest BCUT2D eigenvalue weighted by Crippen LogP contribution is 2.32. The molecule has 2 rings (SSSR count). The molecule has 0 aliphatic heterocycles. The molecule has 2 heteroatoms. The highest BCUT2D eigenvalue weighted by Gasteiger charge is 2.20. The summed E-state index contributed by atoms with van der Waals surface area (Å²) in [6.45, 7) is 4.41. The van der Waals surface area contributed by atoms with E-state index in [-0.39, 0.29) is 0 Å². The van der Waals surface area contributed by atoms with E-state index in [0.29, 0.717) is 12.1 Å². The average Bonchev–Trinajstić information content (AvgIpc) is 2.28. The molecular formula is C14H21NO. The maximum Gasteiger partial charge on any atom is 0.119 e. The van der Waals surface area contributed by atoms with Crippen LogP contribution in [0.4, 0.5) is 0 Å². The summed E-state index contributed by atoms with van der Waals surface area (Å²) in [7, 11) is 1.73. The van der Waals surface area contributed by atoms with Gasteiger partial charge >= 0.3 is 0 Å². The molecule has 1 aliphatic carbocycles. The molecule has 2 nitrogen and oxygen atoms in total. The smallest absolute Gasteiger partial charge is 0.119 e. The molecule has 1 N–H and O–H groups in total. The van der Waals surface area contributed by atoms with Crippen LogP contribution in [0, 0.1) is 0 Å². The van der Waals surface area contributed by atoms with Gasteiger partial charge < -0.3 is 10.1 Å². The third-order valence-electron chi connectivity index (χ3n) is 3.20. The molecule has 0 spiro atoms. The number of nitrogens with one attached hydrogen (secondary N) is 1. The van der Waals surface area contributed by atoms with E-state index < -0.39 is 0 Å². The zero-order chi connectivity index (χ0) is 11.5. The summed E-state index contributed by atoms with van der Waals surface area (Å²) in [6, 6.07) is 7.53. The summed E-state index contributed by atoms with van der Waals surface area (Å²) in [5.74, 6) is 0.976. The summed E-state index contributed by atoms with van der Waals surface area (Å²) >= 11 is 0. The SMILES string of the molecule is COc1ccc2c(c1)CCC[C@H]2NC(C)C. The molecule has 1 aliphatic rings. The molecule has 16 heavy (non-hydrogen) atoms. The van der Waals surface area contributed by atoms with Gasteiger partial charge in [0.15, 0.2) is 0 Å². The van der Waals surface area contributed by atoms with Crippen molar-refractivity contribution in [2.24, 2.45) is 0 Å². The Kier molecular flexibility index (Phi) is 3.49. The highest BCUT2D eigenvalue weighted by molar-refractivity contribution is 5.39. The fourth-order valence-corrected chi connectivity index (χ4v) is 2.49. The van der Waals surface area contributed by atoms with Gasteiger partial charge in [0.1, 0.15) is 5.75 Å². The van der Waals surface area contributed by atoms with E-state index in [1.54, 1.807) is 7.11 Å². The van der Waals surface area contributed by atoms with Crippen LogP contribution >= 0.6 is 0 Å². The zero-order valence-corrected chi connectivity index (χ0v) is 10.4. The molecule has 88 valence electrons. The lowest BCUT2D eigenvalue weighted by Crippen LogP contribution is -2.30. The standard InChI is InChI=1S/C14H21NO/c1-10(2)15-14-6-4-5-11-9-12(16-3)7-8-13(11)14/h7-10,14-15H,4-6H2,1-3H3/t14-/m1/s1. The fourth-order valence-electron chi connectivity index (χ4n) is 2.49. The minimum Gasteiger partial charge on any atom is -0.497 e. The van der Waals surface area contributed by atoms with Gasteiger partial charge in [-0.2, -0.15) is 0 Å². The van der Waals surface area contributed by atoms with Crippen molar-refractivity contribution in [3.8, 4) is 5.75 Å². The third kappa shape index (κ3) is 2.38. The van der Waals surface area contributed by atoms with E-state index in [4.69, 9.17) is 4.74 Å². The van der Waals surface area contributed by atoms with Crippen molar-refractivity contribution in [3.63, 3.8) is 0 Å². The zero-order valence-electron chi connectivity index (χ0n) is 10.4. The predicted molar refractivity (Wildman–Crippen MR) is 66.9 cm³/mol. The van der Waals surface area contributed by atoms with Crippen molar-refractivity contribution in [3.05, 3.63) is 29.3 Å². The lowest BCUT2D eigenvalue weighted by molar-refractivity contribution is 0.405. The van der Waals surface area contributed by atoms with E-state index in [9.17, 15) is 0 Å². The number of aryl methyl sites for hydroxylation is 1. The van der Waals surface area contributed by atoms with Crippen molar-refractivity contribution in [1.82, 2.24) is 5.32 Å².